The molecule has 0 saturated heterocycles. The van der Waals surface area contributed by atoms with Crippen molar-refractivity contribution in [1.82, 2.24) is 5.32 Å². The molecular weight excluding hydrogens is 290 g/mol. The maximum Gasteiger partial charge on any atom is 0.308 e. The van der Waals surface area contributed by atoms with Crippen LogP contribution in [0.1, 0.15) is 37.3 Å². The number of aliphatic carboxylic acids is 1. The van der Waals surface area contributed by atoms with Gasteiger partial charge in [-0.1, -0.05) is 37.1 Å². The van der Waals surface area contributed by atoms with E-state index in [9.17, 15) is 9.59 Å². The molecule has 0 aliphatic rings. The molecule has 0 heterocycles. The summed E-state index contributed by atoms with van der Waals surface area (Å²) < 4.78 is 0. The number of halogens is 1. The van der Waals surface area contributed by atoms with Crippen LogP contribution in [0.15, 0.2) is 18.2 Å². The zero-order chi connectivity index (χ0) is 15.8. The molecule has 0 spiro atoms. The molecule has 1 aromatic carbocycles. The summed E-state index contributed by atoms with van der Waals surface area (Å²) in [6.07, 6.45) is 2.28. The summed E-state index contributed by atoms with van der Waals surface area (Å²) in [5.41, 5.74) is 2.01. The van der Waals surface area contributed by atoms with Gasteiger partial charge in [-0.05, 0) is 37.0 Å². The number of carboxylic acids is 1. The van der Waals surface area contributed by atoms with Crippen LogP contribution in [0.2, 0.25) is 5.02 Å². The highest BCUT2D eigenvalue weighted by atomic mass is 35.5. The molecule has 1 aromatic rings. The summed E-state index contributed by atoms with van der Waals surface area (Å²) >= 11 is 6.04. The topological polar surface area (TPSA) is 66.4 Å². The molecule has 2 N–H and O–H groups in total. The van der Waals surface area contributed by atoms with Gasteiger partial charge in [0.05, 0.1) is 5.92 Å². The third-order valence-corrected chi connectivity index (χ3v) is 3.82. The van der Waals surface area contributed by atoms with Crippen LogP contribution in [-0.2, 0) is 16.0 Å². The number of rotatable bonds is 8. The standard InChI is InChI=1S/C16H22ClNO3/c1-3-4-13(16(20)21)10-18-15(19)8-7-12-6-5-11(2)14(17)9-12/h5-6,9,13H,3-4,7-8,10H2,1-2H3,(H,18,19)(H,20,21). The first-order valence-corrected chi connectivity index (χ1v) is 7.56. The second-order valence-electron chi connectivity index (χ2n) is 5.21. The number of aryl methyl sites for hydroxylation is 2. The van der Waals surface area contributed by atoms with E-state index in [1.807, 2.05) is 32.0 Å². The molecule has 0 saturated carbocycles. The van der Waals surface area contributed by atoms with Gasteiger partial charge in [0.2, 0.25) is 5.91 Å². The van der Waals surface area contributed by atoms with Crippen molar-refractivity contribution in [2.24, 2.45) is 5.92 Å². The third kappa shape index (κ3) is 6.17. The van der Waals surface area contributed by atoms with Gasteiger partial charge in [0.25, 0.3) is 0 Å². The van der Waals surface area contributed by atoms with Crippen LogP contribution in [0.3, 0.4) is 0 Å². The largest absolute Gasteiger partial charge is 0.481 e. The Bertz CT molecular complexity index is 502. The number of amides is 1. The number of carbonyl (C=O) groups excluding carboxylic acids is 1. The van der Waals surface area contributed by atoms with Crippen LogP contribution in [0.5, 0.6) is 0 Å². The molecule has 4 nitrogen and oxygen atoms in total. The normalized spacial score (nSPS) is 12.0. The van der Waals surface area contributed by atoms with E-state index in [4.69, 9.17) is 16.7 Å². The zero-order valence-electron chi connectivity index (χ0n) is 12.5. The summed E-state index contributed by atoms with van der Waals surface area (Å²) in [7, 11) is 0. The summed E-state index contributed by atoms with van der Waals surface area (Å²) in [6.45, 7) is 4.05. The lowest BCUT2D eigenvalue weighted by molar-refractivity contribution is -0.141. The fourth-order valence-corrected chi connectivity index (χ4v) is 2.24. The molecule has 0 aliphatic heterocycles. The molecule has 1 unspecified atom stereocenters. The van der Waals surface area contributed by atoms with Crippen molar-refractivity contribution in [2.45, 2.75) is 39.5 Å². The number of benzene rings is 1. The van der Waals surface area contributed by atoms with Crippen molar-refractivity contribution in [3.05, 3.63) is 34.3 Å². The van der Waals surface area contributed by atoms with Crippen molar-refractivity contribution in [1.29, 1.82) is 0 Å². The van der Waals surface area contributed by atoms with E-state index in [0.717, 1.165) is 17.5 Å². The smallest absolute Gasteiger partial charge is 0.308 e. The zero-order valence-corrected chi connectivity index (χ0v) is 13.2. The predicted octanol–water partition coefficient (Wildman–Crippen LogP) is 3.20. The lowest BCUT2D eigenvalue weighted by Gasteiger charge is -2.12. The lowest BCUT2D eigenvalue weighted by atomic mass is 10.0. The Balaban J connectivity index is 2.39. The van der Waals surface area contributed by atoms with E-state index in [2.05, 4.69) is 5.32 Å². The molecule has 0 radical (unpaired) electrons. The molecule has 1 amide bonds. The van der Waals surface area contributed by atoms with Crippen LogP contribution in [0.25, 0.3) is 0 Å². The quantitative estimate of drug-likeness (QED) is 0.774. The van der Waals surface area contributed by atoms with Crippen molar-refractivity contribution in [2.75, 3.05) is 6.54 Å². The Kier molecular flexibility index (Phi) is 7.23. The van der Waals surface area contributed by atoms with E-state index in [-0.39, 0.29) is 12.5 Å². The fraction of sp³-hybridized carbons (Fsp3) is 0.500. The molecule has 116 valence electrons. The monoisotopic (exact) mass is 311 g/mol. The molecule has 0 aliphatic carbocycles. The highest BCUT2D eigenvalue weighted by Crippen LogP contribution is 2.17. The summed E-state index contributed by atoms with van der Waals surface area (Å²) in [5, 5.41) is 12.4. The molecule has 0 bridgehead atoms. The molecular formula is C16H22ClNO3. The Morgan fingerprint density at radius 1 is 1.38 bits per heavy atom. The van der Waals surface area contributed by atoms with Crippen LogP contribution >= 0.6 is 11.6 Å². The van der Waals surface area contributed by atoms with Gasteiger partial charge in [-0.2, -0.15) is 0 Å². The van der Waals surface area contributed by atoms with Crippen LogP contribution in [0.4, 0.5) is 0 Å². The Morgan fingerprint density at radius 3 is 2.67 bits per heavy atom. The minimum Gasteiger partial charge on any atom is -0.481 e. The SMILES string of the molecule is CCCC(CNC(=O)CCc1ccc(C)c(Cl)c1)C(=O)O. The van der Waals surface area contributed by atoms with Crippen molar-refractivity contribution >= 4 is 23.5 Å². The average Bonchev–Trinajstić information content (AvgIpc) is 2.44. The lowest BCUT2D eigenvalue weighted by Crippen LogP contribution is -2.33. The fourth-order valence-electron chi connectivity index (χ4n) is 2.04. The van der Waals surface area contributed by atoms with Crippen LogP contribution < -0.4 is 5.32 Å². The summed E-state index contributed by atoms with van der Waals surface area (Å²) in [5.74, 6) is -1.50. The number of carbonyl (C=O) groups is 2. The van der Waals surface area contributed by atoms with Gasteiger partial charge in [0, 0.05) is 18.0 Å². The van der Waals surface area contributed by atoms with Crippen LogP contribution in [-0.4, -0.2) is 23.5 Å². The van der Waals surface area contributed by atoms with Gasteiger partial charge in [0.1, 0.15) is 0 Å². The van der Waals surface area contributed by atoms with E-state index >= 15 is 0 Å². The third-order valence-electron chi connectivity index (χ3n) is 3.41. The van der Waals surface area contributed by atoms with Gasteiger partial charge in [-0.3, -0.25) is 9.59 Å². The number of hydrogen-bond acceptors (Lipinski definition) is 2. The molecule has 5 heteroatoms. The first-order valence-electron chi connectivity index (χ1n) is 7.18. The molecule has 21 heavy (non-hydrogen) atoms. The number of hydrogen-bond donors (Lipinski definition) is 2. The van der Waals surface area contributed by atoms with Gasteiger partial charge in [-0.25, -0.2) is 0 Å². The van der Waals surface area contributed by atoms with E-state index in [0.29, 0.717) is 24.3 Å². The number of nitrogens with one attached hydrogen (secondary N) is 1. The van der Waals surface area contributed by atoms with Gasteiger partial charge in [0.15, 0.2) is 0 Å². The highest BCUT2D eigenvalue weighted by Gasteiger charge is 2.17. The Morgan fingerprint density at radius 2 is 2.10 bits per heavy atom. The molecule has 0 fully saturated rings. The van der Waals surface area contributed by atoms with Gasteiger partial charge >= 0.3 is 5.97 Å². The Labute approximate surface area is 130 Å². The minimum absolute atomic E-state index is 0.131. The second-order valence-corrected chi connectivity index (χ2v) is 5.62. The second kappa shape index (κ2) is 8.67. The minimum atomic E-state index is -0.859. The first kappa shape index (κ1) is 17.5. The van der Waals surface area contributed by atoms with Gasteiger partial charge < -0.3 is 10.4 Å². The number of carboxylic acid groups (broad SMARTS) is 1. The maximum atomic E-state index is 11.8. The summed E-state index contributed by atoms with van der Waals surface area (Å²) in [4.78, 5) is 22.7. The van der Waals surface area contributed by atoms with E-state index in [1.54, 1.807) is 0 Å². The van der Waals surface area contributed by atoms with Crippen molar-refractivity contribution < 1.29 is 14.7 Å². The van der Waals surface area contributed by atoms with Gasteiger partial charge in [-0.15, -0.1) is 0 Å². The molecule has 0 aromatic heterocycles. The first-order chi connectivity index (χ1) is 9.93. The maximum absolute atomic E-state index is 11.8. The van der Waals surface area contributed by atoms with Crippen LogP contribution in [0, 0.1) is 12.8 Å². The van der Waals surface area contributed by atoms with E-state index in [1.165, 1.54) is 0 Å². The van der Waals surface area contributed by atoms with E-state index < -0.39 is 11.9 Å². The van der Waals surface area contributed by atoms with Crippen molar-refractivity contribution in [3.63, 3.8) is 0 Å². The van der Waals surface area contributed by atoms with Crippen molar-refractivity contribution in [3.8, 4) is 0 Å². The Hall–Kier alpha value is -1.55. The summed E-state index contributed by atoms with van der Waals surface area (Å²) in [6, 6.07) is 5.74. The molecule has 1 rings (SSSR count). The molecule has 1 atom stereocenters. The predicted molar refractivity (Wildman–Crippen MR) is 83.6 cm³/mol. The average molecular weight is 312 g/mol. The highest BCUT2D eigenvalue weighted by molar-refractivity contribution is 6.31.